The second kappa shape index (κ2) is 6.41. The fraction of sp³-hybridized carbons (Fsp3) is 0.688. The minimum absolute atomic E-state index is 0.0525. The van der Waals surface area contributed by atoms with Gasteiger partial charge in [-0.2, -0.15) is 0 Å². The van der Waals surface area contributed by atoms with Crippen LogP contribution < -0.4 is 5.32 Å². The quantitative estimate of drug-likeness (QED) is 0.925. The molecule has 2 fully saturated rings. The molecule has 1 atom stereocenters. The summed E-state index contributed by atoms with van der Waals surface area (Å²) in [4.78, 5) is 23.4. The van der Waals surface area contributed by atoms with Gasteiger partial charge < -0.3 is 10.2 Å². The second-order valence-corrected chi connectivity index (χ2v) is 6.07. The van der Waals surface area contributed by atoms with Crippen LogP contribution in [0.5, 0.6) is 0 Å². The largest absolute Gasteiger partial charge is 0.369 e. The molecule has 2 aliphatic rings. The van der Waals surface area contributed by atoms with Crippen LogP contribution in [0, 0.1) is 5.92 Å². The zero-order chi connectivity index (χ0) is 14.7. The van der Waals surface area contributed by atoms with E-state index in [1.165, 1.54) is 25.7 Å². The van der Waals surface area contributed by atoms with Gasteiger partial charge in [0.1, 0.15) is 11.5 Å². The molecule has 3 rings (SSSR count). The third-order valence-corrected chi connectivity index (χ3v) is 4.72. The van der Waals surface area contributed by atoms with Crippen LogP contribution >= 0.6 is 0 Å². The SMILES string of the molecule is CCNc1cncc(C(=O)N2CCCC2C2CCCC2)n1. The van der Waals surface area contributed by atoms with Crippen LogP contribution in [0.25, 0.3) is 0 Å². The van der Waals surface area contributed by atoms with Crippen LogP contribution in [0.4, 0.5) is 5.82 Å². The monoisotopic (exact) mass is 288 g/mol. The number of anilines is 1. The van der Waals surface area contributed by atoms with Gasteiger partial charge in [0.05, 0.1) is 12.4 Å². The van der Waals surface area contributed by atoms with Gasteiger partial charge in [0.2, 0.25) is 0 Å². The Kier molecular flexibility index (Phi) is 4.36. The summed E-state index contributed by atoms with van der Waals surface area (Å²) in [7, 11) is 0. The lowest BCUT2D eigenvalue weighted by Crippen LogP contribution is -2.39. The molecule has 5 nitrogen and oxygen atoms in total. The molecule has 1 N–H and O–H groups in total. The number of hydrogen-bond acceptors (Lipinski definition) is 4. The van der Waals surface area contributed by atoms with Crippen molar-refractivity contribution in [3.63, 3.8) is 0 Å². The maximum Gasteiger partial charge on any atom is 0.274 e. The van der Waals surface area contributed by atoms with E-state index in [0.717, 1.165) is 25.9 Å². The number of likely N-dealkylation sites (tertiary alicyclic amines) is 1. The number of amides is 1. The molecule has 0 aromatic carbocycles. The molecular formula is C16H24N4O. The van der Waals surface area contributed by atoms with E-state index < -0.39 is 0 Å². The number of aromatic nitrogens is 2. The first-order chi connectivity index (χ1) is 10.3. The number of nitrogens with one attached hydrogen (secondary N) is 1. The first-order valence-corrected chi connectivity index (χ1v) is 8.16. The van der Waals surface area contributed by atoms with Crippen molar-refractivity contribution in [2.45, 2.75) is 51.5 Å². The Labute approximate surface area is 126 Å². The van der Waals surface area contributed by atoms with Crippen LogP contribution in [-0.2, 0) is 0 Å². The lowest BCUT2D eigenvalue weighted by molar-refractivity contribution is 0.0682. The Hall–Kier alpha value is -1.65. The molecular weight excluding hydrogens is 264 g/mol. The number of hydrogen-bond donors (Lipinski definition) is 1. The van der Waals surface area contributed by atoms with Crippen LogP contribution in [0.3, 0.4) is 0 Å². The average molecular weight is 288 g/mol. The molecule has 1 aromatic heterocycles. The molecule has 1 aliphatic carbocycles. The van der Waals surface area contributed by atoms with E-state index in [4.69, 9.17) is 0 Å². The topological polar surface area (TPSA) is 58.1 Å². The minimum Gasteiger partial charge on any atom is -0.369 e. The molecule has 21 heavy (non-hydrogen) atoms. The van der Waals surface area contributed by atoms with Crippen molar-refractivity contribution in [3.8, 4) is 0 Å². The highest BCUT2D eigenvalue weighted by atomic mass is 16.2. The maximum atomic E-state index is 12.8. The molecule has 0 bridgehead atoms. The number of carbonyl (C=O) groups is 1. The molecule has 1 saturated carbocycles. The second-order valence-electron chi connectivity index (χ2n) is 6.07. The molecule has 1 aromatic rings. The van der Waals surface area contributed by atoms with Crippen LogP contribution in [0.15, 0.2) is 12.4 Å². The molecule has 2 heterocycles. The summed E-state index contributed by atoms with van der Waals surface area (Å²) in [6.07, 6.45) is 10.7. The number of carbonyl (C=O) groups excluding carboxylic acids is 1. The Morgan fingerprint density at radius 3 is 2.86 bits per heavy atom. The van der Waals surface area contributed by atoms with Gasteiger partial charge in [-0.3, -0.25) is 9.78 Å². The van der Waals surface area contributed by atoms with Gasteiger partial charge in [0, 0.05) is 19.1 Å². The highest BCUT2D eigenvalue weighted by molar-refractivity contribution is 5.92. The van der Waals surface area contributed by atoms with Crippen molar-refractivity contribution < 1.29 is 4.79 Å². The Bertz CT molecular complexity index is 499. The molecule has 1 aliphatic heterocycles. The van der Waals surface area contributed by atoms with E-state index in [1.54, 1.807) is 12.4 Å². The molecule has 1 unspecified atom stereocenters. The summed E-state index contributed by atoms with van der Waals surface area (Å²) >= 11 is 0. The lowest BCUT2D eigenvalue weighted by Gasteiger charge is -2.29. The summed E-state index contributed by atoms with van der Waals surface area (Å²) < 4.78 is 0. The first-order valence-electron chi connectivity index (χ1n) is 8.16. The summed E-state index contributed by atoms with van der Waals surface area (Å²) in [6.45, 7) is 3.65. The summed E-state index contributed by atoms with van der Waals surface area (Å²) in [5.41, 5.74) is 0.471. The fourth-order valence-corrected chi connectivity index (χ4v) is 3.76. The third-order valence-electron chi connectivity index (χ3n) is 4.72. The Morgan fingerprint density at radius 1 is 1.29 bits per heavy atom. The molecule has 1 saturated heterocycles. The van der Waals surface area contributed by atoms with E-state index in [-0.39, 0.29) is 5.91 Å². The van der Waals surface area contributed by atoms with Crippen molar-refractivity contribution in [1.82, 2.24) is 14.9 Å². The molecule has 5 heteroatoms. The number of nitrogens with zero attached hydrogens (tertiary/aromatic N) is 3. The predicted octanol–water partition coefficient (Wildman–Crippen LogP) is 2.70. The molecule has 1 amide bonds. The van der Waals surface area contributed by atoms with Crippen LogP contribution in [-0.4, -0.2) is 39.9 Å². The van der Waals surface area contributed by atoms with Gasteiger partial charge in [-0.25, -0.2) is 4.98 Å². The van der Waals surface area contributed by atoms with E-state index in [2.05, 4.69) is 20.2 Å². The van der Waals surface area contributed by atoms with Crippen molar-refractivity contribution >= 4 is 11.7 Å². The van der Waals surface area contributed by atoms with Crippen molar-refractivity contribution in [1.29, 1.82) is 0 Å². The van der Waals surface area contributed by atoms with Crippen molar-refractivity contribution in [3.05, 3.63) is 18.1 Å². The fourth-order valence-electron chi connectivity index (χ4n) is 3.76. The predicted molar refractivity (Wildman–Crippen MR) is 82.2 cm³/mol. The Balaban J connectivity index is 1.75. The molecule has 0 spiro atoms. The zero-order valence-corrected chi connectivity index (χ0v) is 12.7. The highest BCUT2D eigenvalue weighted by Crippen LogP contribution is 2.35. The van der Waals surface area contributed by atoms with Gasteiger partial charge >= 0.3 is 0 Å². The van der Waals surface area contributed by atoms with E-state index in [1.807, 2.05) is 6.92 Å². The van der Waals surface area contributed by atoms with E-state index in [0.29, 0.717) is 23.5 Å². The van der Waals surface area contributed by atoms with Gasteiger partial charge in [-0.1, -0.05) is 12.8 Å². The molecule has 114 valence electrons. The summed E-state index contributed by atoms with van der Waals surface area (Å²) in [5, 5.41) is 3.12. The lowest BCUT2D eigenvalue weighted by atomic mass is 9.96. The van der Waals surface area contributed by atoms with Gasteiger partial charge in [0.15, 0.2) is 0 Å². The smallest absolute Gasteiger partial charge is 0.274 e. The normalized spacial score (nSPS) is 22.7. The van der Waals surface area contributed by atoms with Gasteiger partial charge in [0.25, 0.3) is 5.91 Å². The average Bonchev–Trinajstić information content (AvgIpc) is 3.18. The van der Waals surface area contributed by atoms with Crippen LogP contribution in [0.2, 0.25) is 0 Å². The van der Waals surface area contributed by atoms with Gasteiger partial charge in [-0.15, -0.1) is 0 Å². The minimum atomic E-state index is 0.0525. The number of rotatable bonds is 4. The van der Waals surface area contributed by atoms with Gasteiger partial charge in [-0.05, 0) is 38.5 Å². The Morgan fingerprint density at radius 2 is 2.10 bits per heavy atom. The summed E-state index contributed by atoms with van der Waals surface area (Å²) in [6, 6.07) is 0.421. The maximum absolute atomic E-state index is 12.8. The third kappa shape index (κ3) is 3.01. The first kappa shape index (κ1) is 14.3. The molecule has 0 radical (unpaired) electrons. The zero-order valence-electron chi connectivity index (χ0n) is 12.7. The highest BCUT2D eigenvalue weighted by Gasteiger charge is 2.36. The standard InChI is InChI=1S/C16H24N4O/c1-2-18-15-11-17-10-13(19-15)16(21)20-9-5-8-14(20)12-6-3-4-7-12/h10-12,14H,2-9H2,1H3,(H,18,19). The summed E-state index contributed by atoms with van der Waals surface area (Å²) in [5.74, 6) is 1.43. The van der Waals surface area contributed by atoms with Crippen molar-refractivity contribution in [2.24, 2.45) is 5.92 Å². The van der Waals surface area contributed by atoms with E-state index >= 15 is 0 Å². The van der Waals surface area contributed by atoms with Crippen molar-refractivity contribution in [2.75, 3.05) is 18.4 Å². The van der Waals surface area contributed by atoms with Crippen LogP contribution in [0.1, 0.15) is 55.9 Å². The van der Waals surface area contributed by atoms with E-state index in [9.17, 15) is 4.79 Å².